The summed E-state index contributed by atoms with van der Waals surface area (Å²) in [4.78, 5) is 10.9. The molecular weight excluding hydrogens is 162 g/mol. The number of fused-ring (bicyclic) bond motifs is 1. The molecular formula is C11H11NO. The fourth-order valence-electron chi connectivity index (χ4n) is 1.50. The van der Waals surface area contributed by atoms with Crippen LogP contribution >= 0.6 is 0 Å². The van der Waals surface area contributed by atoms with E-state index in [4.69, 9.17) is 0 Å². The molecule has 0 N–H and O–H groups in total. The molecule has 66 valence electrons. The highest BCUT2D eigenvalue weighted by atomic mass is 16.1. The molecule has 0 aliphatic carbocycles. The fourth-order valence-corrected chi connectivity index (χ4v) is 1.50. The number of ketones is 1. The minimum Gasteiger partial charge on any atom is -0.324 e. The number of nitrogens with zero attached hydrogens (tertiary/aromatic N) is 1. The zero-order valence-electron chi connectivity index (χ0n) is 7.53. The quantitative estimate of drug-likeness (QED) is 0.681. The summed E-state index contributed by atoms with van der Waals surface area (Å²) < 4.78 is 2.03. The average Bonchev–Trinajstić information content (AvgIpc) is 2.44. The van der Waals surface area contributed by atoms with Crippen LogP contribution in [0.1, 0.15) is 12.5 Å². The maximum Gasteiger partial charge on any atom is 0.134 e. The number of Topliss-reactive ketones (excluding diaryl/α,β-unsaturated/α-hetero) is 1. The van der Waals surface area contributed by atoms with Crippen molar-refractivity contribution in [1.29, 1.82) is 0 Å². The Kier molecular flexibility index (Phi) is 1.89. The zero-order chi connectivity index (χ0) is 9.26. The molecule has 0 saturated heterocycles. The molecule has 13 heavy (non-hydrogen) atoms. The van der Waals surface area contributed by atoms with E-state index >= 15 is 0 Å². The van der Waals surface area contributed by atoms with Gasteiger partial charge in [-0.2, -0.15) is 0 Å². The Morgan fingerprint density at radius 1 is 1.46 bits per heavy atom. The number of pyridine rings is 1. The van der Waals surface area contributed by atoms with Crippen molar-refractivity contribution in [2.45, 2.75) is 13.3 Å². The van der Waals surface area contributed by atoms with Crippen LogP contribution in [0, 0.1) is 0 Å². The summed E-state index contributed by atoms with van der Waals surface area (Å²) in [5, 5.41) is 0. The number of rotatable bonds is 2. The molecule has 0 saturated carbocycles. The molecule has 0 aliphatic rings. The Hall–Kier alpha value is -1.57. The smallest absolute Gasteiger partial charge is 0.134 e. The van der Waals surface area contributed by atoms with Crippen LogP contribution in [0.2, 0.25) is 0 Å². The number of carbonyl (C=O) groups is 1. The Morgan fingerprint density at radius 2 is 2.31 bits per heavy atom. The zero-order valence-corrected chi connectivity index (χ0v) is 7.53. The Balaban J connectivity index is 2.44. The molecule has 0 spiro atoms. The third kappa shape index (κ3) is 1.61. The standard InChI is InChI=1S/C11H11NO/c1-9(13)6-10-7-11-4-2-3-5-12(11)8-10/h2-5,7-8H,6H2,1H3. The van der Waals surface area contributed by atoms with E-state index in [1.54, 1.807) is 6.92 Å². The normalized spacial score (nSPS) is 10.5. The molecule has 2 aromatic rings. The van der Waals surface area contributed by atoms with Gasteiger partial charge in [0.1, 0.15) is 5.78 Å². The summed E-state index contributed by atoms with van der Waals surface area (Å²) in [6, 6.07) is 8.04. The molecule has 0 amide bonds. The summed E-state index contributed by atoms with van der Waals surface area (Å²) in [6.45, 7) is 1.61. The minimum atomic E-state index is 0.205. The highest BCUT2D eigenvalue weighted by molar-refractivity contribution is 5.78. The van der Waals surface area contributed by atoms with Crippen LogP contribution in [0.4, 0.5) is 0 Å². The summed E-state index contributed by atoms with van der Waals surface area (Å²) in [7, 11) is 0. The van der Waals surface area contributed by atoms with Gasteiger partial charge in [0.25, 0.3) is 0 Å². The van der Waals surface area contributed by atoms with Gasteiger partial charge in [0.05, 0.1) is 0 Å². The van der Waals surface area contributed by atoms with E-state index in [0.717, 1.165) is 11.1 Å². The predicted octanol–water partition coefficient (Wildman–Crippen LogP) is 2.07. The van der Waals surface area contributed by atoms with Crippen molar-refractivity contribution in [1.82, 2.24) is 4.40 Å². The van der Waals surface area contributed by atoms with Crippen LogP contribution in [-0.4, -0.2) is 10.2 Å². The van der Waals surface area contributed by atoms with E-state index < -0.39 is 0 Å². The first-order valence-electron chi connectivity index (χ1n) is 4.31. The maximum absolute atomic E-state index is 10.9. The third-order valence-electron chi connectivity index (χ3n) is 2.01. The van der Waals surface area contributed by atoms with Crippen LogP contribution < -0.4 is 0 Å². The molecule has 0 radical (unpaired) electrons. The lowest BCUT2D eigenvalue weighted by Gasteiger charge is -1.89. The molecule has 0 unspecified atom stereocenters. The topological polar surface area (TPSA) is 21.5 Å². The number of hydrogen-bond acceptors (Lipinski definition) is 1. The molecule has 0 bridgehead atoms. The Labute approximate surface area is 76.8 Å². The van der Waals surface area contributed by atoms with Gasteiger partial charge < -0.3 is 4.40 Å². The van der Waals surface area contributed by atoms with Crippen molar-refractivity contribution in [2.24, 2.45) is 0 Å². The predicted molar refractivity (Wildman–Crippen MR) is 51.8 cm³/mol. The van der Waals surface area contributed by atoms with Gasteiger partial charge in [0, 0.05) is 24.3 Å². The first kappa shape index (κ1) is 8.05. The van der Waals surface area contributed by atoms with Gasteiger partial charge in [0.2, 0.25) is 0 Å². The van der Waals surface area contributed by atoms with Crippen LogP contribution in [-0.2, 0) is 11.2 Å². The second-order valence-electron chi connectivity index (χ2n) is 3.26. The van der Waals surface area contributed by atoms with Crippen molar-refractivity contribution < 1.29 is 4.79 Å². The molecule has 0 fully saturated rings. The molecule has 2 rings (SSSR count). The van der Waals surface area contributed by atoms with Crippen LogP contribution in [0.15, 0.2) is 36.7 Å². The van der Waals surface area contributed by atoms with Gasteiger partial charge in [0.15, 0.2) is 0 Å². The highest BCUT2D eigenvalue weighted by Gasteiger charge is 2.00. The average molecular weight is 173 g/mol. The summed E-state index contributed by atoms with van der Waals surface area (Å²) in [6.07, 6.45) is 4.51. The lowest BCUT2D eigenvalue weighted by molar-refractivity contribution is -0.116. The van der Waals surface area contributed by atoms with Gasteiger partial charge in [-0.1, -0.05) is 6.07 Å². The van der Waals surface area contributed by atoms with Crippen LogP contribution in [0.5, 0.6) is 0 Å². The molecule has 0 atom stereocenters. The molecule has 0 aromatic carbocycles. The van der Waals surface area contributed by atoms with Crippen LogP contribution in [0.3, 0.4) is 0 Å². The van der Waals surface area contributed by atoms with Crippen molar-refractivity contribution in [2.75, 3.05) is 0 Å². The van der Waals surface area contributed by atoms with E-state index in [0.29, 0.717) is 6.42 Å². The maximum atomic E-state index is 10.9. The first-order chi connectivity index (χ1) is 6.25. The van der Waals surface area contributed by atoms with Gasteiger partial charge in [-0.25, -0.2) is 0 Å². The van der Waals surface area contributed by atoms with Gasteiger partial charge >= 0.3 is 0 Å². The molecule has 2 heterocycles. The molecule has 2 heteroatoms. The van der Waals surface area contributed by atoms with Crippen molar-refractivity contribution in [3.63, 3.8) is 0 Å². The van der Waals surface area contributed by atoms with Crippen molar-refractivity contribution in [3.05, 3.63) is 42.2 Å². The number of hydrogen-bond donors (Lipinski definition) is 0. The second-order valence-corrected chi connectivity index (χ2v) is 3.26. The van der Waals surface area contributed by atoms with Crippen molar-refractivity contribution in [3.8, 4) is 0 Å². The van der Waals surface area contributed by atoms with Crippen LogP contribution in [0.25, 0.3) is 5.52 Å². The minimum absolute atomic E-state index is 0.205. The van der Waals surface area contributed by atoms with Gasteiger partial charge in [-0.15, -0.1) is 0 Å². The summed E-state index contributed by atoms with van der Waals surface area (Å²) >= 11 is 0. The fraction of sp³-hybridized carbons (Fsp3) is 0.182. The lowest BCUT2D eigenvalue weighted by atomic mass is 10.2. The van der Waals surface area contributed by atoms with Gasteiger partial charge in [-0.3, -0.25) is 4.79 Å². The Morgan fingerprint density at radius 3 is 3.00 bits per heavy atom. The van der Waals surface area contributed by atoms with E-state index in [1.165, 1.54) is 0 Å². The number of carbonyl (C=O) groups excluding carboxylic acids is 1. The SMILES string of the molecule is CC(=O)Cc1cc2ccccn2c1. The monoisotopic (exact) mass is 173 g/mol. The molecule has 0 aliphatic heterocycles. The van der Waals surface area contributed by atoms with E-state index in [-0.39, 0.29) is 5.78 Å². The largest absolute Gasteiger partial charge is 0.324 e. The molecule has 2 aromatic heterocycles. The lowest BCUT2D eigenvalue weighted by Crippen LogP contribution is -1.93. The summed E-state index contributed by atoms with van der Waals surface area (Å²) in [5.41, 5.74) is 2.22. The Bertz CT molecular complexity index is 409. The van der Waals surface area contributed by atoms with E-state index in [1.807, 2.05) is 41.1 Å². The first-order valence-corrected chi connectivity index (χ1v) is 4.31. The highest BCUT2D eigenvalue weighted by Crippen LogP contribution is 2.10. The van der Waals surface area contributed by atoms with Gasteiger partial charge in [-0.05, 0) is 30.7 Å². The number of aromatic nitrogens is 1. The molecule has 2 nitrogen and oxygen atoms in total. The second kappa shape index (κ2) is 3.05. The van der Waals surface area contributed by atoms with E-state index in [9.17, 15) is 4.79 Å². The van der Waals surface area contributed by atoms with E-state index in [2.05, 4.69) is 0 Å². The summed E-state index contributed by atoms with van der Waals surface area (Å²) in [5.74, 6) is 0.205. The third-order valence-corrected chi connectivity index (χ3v) is 2.01. The van der Waals surface area contributed by atoms with Crippen molar-refractivity contribution >= 4 is 11.3 Å².